The molecule has 0 aliphatic heterocycles. The van der Waals surface area contributed by atoms with E-state index in [0.29, 0.717) is 5.69 Å². The first-order chi connectivity index (χ1) is 9.36. The minimum atomic E-state index is 0.693. The van der Waals surface area contributed by atoms with Gasteiger partial charge < -0.3 is 0 Å². The van der Waals surface area contributed by atoms with Crippen molar-refractivity contribution >= 4 is 17.0 Å². The van der Waals surface area contributed by atoms with E-state index in [1.54, 1.807) is 11.3 Å². The third-order valence-corrected chi connectivity index (χ3v) is 3.80. The molecule has 3 heteroatoms. The van der Waals surface area contributed by atoms with Gasteiger partial charge in [0.1, 0.15) is 0 Å². The quantitative estimate of drug-likeness (QED) is 0.592. The van der Waals surface area contributed by atoms with Crippen molar-refractivity contribution in [1.29, 1.82) is 0 Å². The normalized spacial score (nSPS) is 10.1. The van der Waals surface area contributed by atoms with Crippen molar-refractivity contribution in [3.63, 3.8) is 0 Å². The summed E-state index contributed by atoms with van der Waals surface area (Å²) < 4.78 is 0. The maximum Gasteiger partial charge on any atom is 0.198 e. The summed E-state index contributed by atoms with van der Waals surface area (Å²) in [5.74, 6) is 0. The zero-order valence-electron chi connectivity index (χ0n) is 10.1. The Labute approximate surface area is 115 Å². The molecule has 0 N–H and O–H groups in total. The summed E-state index contributed by atoms with van der Waals surface area (Å²) in [5.41, 5.74) is 3.86. The summed E-state index contributed by atoms with van der Waals surface area (Å²) >= 11 is 1.59. The van der Waals surface area contributed by atoms with Gasteiger partial charge in [-0.3, -0.25) is 4.98 Å². The number of rotatable bonds is 2. The number of hydrogen-bond donors (Lipinski definition) is 0. The molecule has 0 saturated carbocycles. The van der Waals surface area contributed by atoms with E-state index >= 15 is 0 Å². The monoisotopic (exact) mass is 262 g/mol. The van der Waals surface area contributed by atoms with Gasteiger partial charge in [-0.15, -0.1) is 0 Å². The van der Waals surface area contributed by atoms with Crippen LogP contribution in [0.4, 0.5) is 5.69 Å². The zero-order chi connectivity index (χ0) is 13.1. The average molecular weight is 262 g/mol. The first-order valence-electron chi connectivity index (χ1n) is 5.84. The highest BCUT2D eigenvalue weighted by Gasteiger charge is 2.05. The van der Waals surface area contributed by atoms with Crippen molar-refractivity contribution in [1.82, 2.24) is 4.98 Å². The van der Waals surface area contributed by atoms with Crippen molar-refractivity contribution in [2.24, 2.45) is 0 Å². The fraction of sp³-hybridized carbons (Fsp3) is 0. The fourth-order valence-electron chi connectivity index (χ4n) is 1.89. The molecule has 0 aliphatic carbocycles. The predicted octanol–water partition coefficient (Wildman–Crippen LogP) is 5.03. The molecule has 3 rings (SSSR count). The minimum Gasteiger partial charge on any atom is -0.256 e. The molecule has 2 heterocycles. The van der Waals surface area contributed by atoms with E-state index in [1.807, 2.05) is 54.0 Å². The van der Waals surface area contributed by atoms with Crippen molar-refractivity contribution in [2.45, 2.75) is 0 Å². The molecule has 3 aromatic rings. The van der Waals surface area contributed by atoms with Gasteiger partial charge in [0.05, 0.1) is 12.3 Å². The van der Waals surface area contributed by atoms with Crippen molar-refractivity contribution in [2.75, 3.05) is 0 Å². The smallest absolute Gasteiger partial charge is 0.198 e. The summed E-state index contributed by atoms with van der Waals surface area (Å²) in [6, 6.07) is 16.1. The van der Waals surface area contributed by atoms with Crippen LogP contribution in [0.25, 0.3) is 26.5 Å². The average Bonchev–Trinajstić information content (AvgIpc) is 2.97. The van der Waals surface area contributed by atoms with Crippen LogP contribution in [-0.2, 0) is 0 Å². The SMILES string of the molecule is [C-]#[N+]c1csc(-c2ccnc(-c3ccccc3)c2)c1. The summed E-state index contributed by atoms with van der Waals surface area (Å²) in [5, 5.41) is 1.88. The van der Waals surface area contributed by atoms with Crippen LogP contribution >= 0.6 is 11.3 Å². The van der Waals surface area contributed by atoms with Gasteiger partial charge >= 0.3 is 0 Å². The Bertz CT molecular complexity index is 739. The van der Waals surface area contributed by atoms with Crippen LogP contribution in [0.5, 0.6) is 0 Å². The van der Waals surface area contributed by atoms with E-state index in [-0.39, 0.29) is 0 Å². The van der Waals surface area contributed by atoms with E-state index in [9.17, 15) is 0 Å². The molecule has 0 spiro atoms. The van der Waals surface area contributed by atoms with Gasteiger partial charge in [0.15, 0.2) is 5.69 Å². The lowest BCUT2D eigenvalue weighted by Gasteiger charge is -2.03. The fourth-order valence-corrected chi connectivity index (χ4v) is 2.71. The minimum absolute atomic E-state index is 0.693. The second-order valence-corrected chi connectivity index (χ2v) is 4.99. The van der Waals surface area contributed by atoms with Gasteiger partial charge in [0, 0.05) is 16.6 Å². The third-order valence-electron chi connectivity index (χ3n) is 2.83. The van der Waals surface area contributed by atoms with Crippen molar-refractivity contribution < 1.29 is 0 Å². The van der Waals surface area contributed by atoms with E-state index < -0.39 is 0 Å². The highest BCUT2D eigenvalue weighted by atomic mass is 32.1. The van der Waals surface area contributed by atoms with Crippen LogP contribution in [-0.4, -0.2) is 4.98 Å². The third kappa shape index (κ3) is 2.40. The van der Waals surface area contributed by atoms with Gasteiger partial charge in [-0.1, -0.05) is 30.3 Å². The van der Waals surface area contributed by atoms with Gasteiger partial charge in [-0.2, -0.15) is 11.3 Å². The van der Waals surface area contributed by atoms with Crippen LogP contribution in [0.1, 0.15) is 0 Å². The Morgan fingerprint density at radius 3 is 2.58 bits per heavy atom. The number of nitrogens with zero attached hydrogens (tertiary/aromatic N) is 2. The Kier molecular flexibility index (Phi) is 3.09. The lowest BCUT2D eigenvalue weighted by molar-refractivity contribution is 1.33. The molecular formula is C16H10N2S. The summed E-state index contributed by atoms with van der Waals surface area (Å²) in [4.78, 5) is 8.95. The molecule has 0 radical (unpaired) electrons. The molecule has 0 unspecified atom stereocenters. The first-order valence-corrected chi connectivity index (χ1v) is 6.72. The van der Waals surface area contributed by atoms with E-state index in [4.69, 9.17) is 6.57 Å². The Morgan fingerprint density at radius 1 is 1.00 bits per heavy atom. The number of hydrogen-bond acceptors (Lipinski definition) is 2. The van der Waals surface area contributed by atoms with E-state index in [0.717, 1.165) is 21.7 Å². The highest BCUT2D eigenvalue weighted by Crippen LogP contribution is 2.32. The molecule has 19 heavy (non-hydrogen) atoms. The van der Waals surface area contributed by atoms with E-state index in [1.165, 1.54) is 0 Å². The molecule has 0 atom stereocenters. The number of aromatic nitrogens is 1. The molecule has 0 fully saturated rings. The molecule has 2 aromatic heterocycles. The largest absolute Gasteiger partial charge is 0.256 e. The van der Waals surface area contributed by atoms with Crippen LogP contribution in [0.3, 0.4) is 0 Å². The lowest BCUT2D eigenvalue weighted by atomic mass is 10.1. The van der Waals surface area contributed by atoms with Crippen LogP contribution in [0.15, 0.2) is 60.1 Å². The Balaban J connectivity index is 2.03. The van der Waals surface area contributed by atoms with Gasteiger partial charge in [-0.05, 0) is 29.1 Å². The molecule has 2 nitrogen and oxygen atoms in total. The lowest BCUT2D eigenvalue weighted by Crippen LogP contribution is -1.83. The number of thiophene rings is 1. The standard InChI is InChI=1S/C16H10N2S/c1-17-14-10-16(19-11-14)13-7-8-18-15(9-13)12-5-3-2-4-6-12/h2-11H. The molecular weight excluding hydrogens is 252 g/mol. The second kappa shape index (κ2) is 5.05. The topological polar surface area (TPSA) is 17.2 Å². The Hall–Kier alpha value is -2.44. The van der Waals surface area contributed by atoms with Crippen LogP contribution in [0.2, 0.25) is 0 Å². The molecule has 1 aromatic carbocycles. The van der Waals surface area contributed by atoms with Gasteiger partial charge in [0.25, 0.3) is 0 Å². The molecule has 0 aliphatic rings. The summed E-state index contributed by atoms with van der Waals surface area (Å²) in [7, 11) is 0. The summed E-state index contributed by atoms with van der Waals surface area (Å²) in [6.07, 6.45) is 1.81. The Morgan fingerprint density at radius 2 is 1.84 bits per heavy atom. The maximum absolute atomic E-state index is 7.02. The number of pyridine rings is 1. The van der Waals surface area contributed by atoms with Crippen molar-refractivity contribution in [3.8, 4) is 21.7 Å². The van der Waals surface area contributed by atoms with E-state index in [2.05, 4.69) is 15.9 Å². The highest BCUT2D eigenvalue weighted by molar-refractivity contribution is 7.14. The van der Waals surface area contributed by atoms with Crippen molar-refractivity contribution in [3.05, 3.63) is 71.5 Å². The predicted molar refractivity (Wildman–Crippen MR) is 79.2 cm³/mol. The van der Waals surface area contributed by atoms with Crippen LogP contribution < -0.4 is 0 Å². The maximum atomic E-state index is 7.02. The molecule has 90 valence electrons. The number of benzene rings is 1. The second-order valence-electron chi connectivity index (χ2n) is 4.08. The van der Waals surface area contributed by atoms with Gasteiger partial charge in [0.2, 0.25) is 0 Å². The van der Waals surface area contributed by atoms with Crippen LogP contribution in [0, 0.1) is 6.57 Å². The van der Waals surface area contributed by atoms with Gasteiger partial charge in [-0.25, -0.2) is 4.85 Å². The summed E-state index contributed by atoms with van der Waals surface area (Å²) in [6.45, 7) is 7.02. The molecule has 0 saturated heterocycles. The molecule has 0 amide bonds. The first kappa shape index (κ1) is 11.6. The molecule has 0 bridgehead atoms. The zero-order valence-corrected chi connectivity index (χ0v) is 10.9.